The van der Waals surface area contributed by atoms with Crippen molar-refractivity contribution in [3.63, 3.8) is 0 Å². The van der Waals surface area contributed by atoms with E-state index in [0.717, 1.165) is 45.6 Å². The normalized spacial score (nSPS) is 11.0. The maximum Gasteiger partial charge on any atom is 0.251 e. The number of fused-ring (bicyclic) bond motifs is 1. The Kier molecular flexibility index (Phi) is 7.45. The maximum absolute atomic E-state index is 12.5. The van der Waals surface area contributed by atoms with Crippen LogP contribution in [-0.2, 0) is 13.0 Å². The van der Waals surface area contributed by atoms with Crippen molar-refractivity contribution in [3.05, 3.63) is 93.7 Å². The van der Waals surface area contributed by atoms with Crippen LogP contribution < -0.4 is 10.1 Å². The molecule has 0 fully saturated rings. The van der Waals surface area contributed by atoms with Gasteiger partial charge in [-0.1, -0.05) is 46.3 Å². The molecule has 33 heavy (non-hydrogen) atoms. The van der Waals surface area contributed by atoms with Gasteiger partial charge in [-0.25, -0.2) is 4.98 Å². The molecule has 0 aliphatic rings. The first-order valence-electron chi connectivity index (χ1n) is 11.2. The number of aryl methyl sites for hydroxylation is 3. The van der Waals surface area contributed by atoms with Crippen LogP contribution in [0.3, 0.4) is 0 Å². The van der Waals surface area contributed by atoms with Gasteiger partial charge < -0.3 is 14.6 Å². The van der Waals surface area contributed by atoms with E-state index in [9.17, 15) is 4.79 Å². The molecule has 1 aromatic heterocycles. The van der Waals surface area contributed by atoms with Gasteiger partial charge in [-0.15, -0.1) is 0 Å². The molecule has 170 valence electrons. The van der Waals surface area contributed by atoms with Crippen molar-refractivity contribution in [2.45, 2.75) is 33.2 Å². The van der Waals surface area contributed by atoms with Crippen LogP contribution in [0.4, 0.5) is 0 Å². The summed E-state index contributed by atoms with van der Waals surface area (Å²) in [7, 11) is 0. The van der Waals surface area contributed by atoms with Gasteiger partial charge in [0.25, 0.3) is 5.91 Å². The highest BCUT2D eigenvalue weighted by Gasteiger charge is 2.12. The van der Waals surface area contributed by atoms with Crippen LogP contribution >= 0.6 is 15.9 Å². The molecule has 1 heterocycles. The largest absolute Gasteiger partial charge is 0.493 e. The van der Waals surface area contributed by atoms with E-state index < -0.39 is 0 Å². The third-order valence-corrected chi connectivity index (χ3v) is 6.08. The first-order chi connectivity index (χ1) is 16.0. The molecule has 4 aromatic rings. The number of halogens is 1. The minimum Gasteiger partial charge on any atom is -0.493 e. The molecule has 6 heteroatoms. The van der Waals surface area contributed by atoms with Crippen LogP contribution in [0.15, 0.2) is 71.2 Å². The first-order valence-corrected chi connectivity index (χ1v) is 12.0. The summed E-state index contributed by atoms with van der Waals surface area (Å²) in [5, 5.41) is 3.01. The average Bonchev–Trinajstić information content (AvgIpc) is 3.16. The fraction of sp³-hybridized carbons (Fsp3) is 0.259. The minimum absolute atomic E-state index is 0.0825. The zero-order valence-corrected chi connectivity index (χ0v) is 20.6. The van der Waals surface area contributed by atoms with E-state index in [4.69, 9.17) is 9.72 Å². The summed E-state index contributed by atoms with van der Waals surface area (Å²) < 4.78 is 9.18. The summed E-state index contributed by atoms with van der Waals surface area (Å²) in [6, 6.07) is 21.8. The molecule has 4 rings (SSSR count). The second-order valence-corrected chi connectivity index (χ2v) is 9.07. The molecule has 5 nitrogen and oxygen atoms in total. The third kappa shape index (κ3) is 5.82. The van der Waals surface area contributed by atoms with Gasteiger partial charge in [-0.05, 0) is 67.8 Å². The summed E-state index contributed by atoms with van der Waals surface area (Å²) in [4.78, 5) is 17.3. The predicted molar refractivity (Wildman–Crippen MR) is 136 cm³/mol. The van der Waals surface area contributed by atoms with E-state index in [-0.39, 0.29) is 5.91 Å². The van der Waals surface area contributed by atoms with Gasteiger partial charge in [0.1, 0.15) is 11.6 Å². The van der Waals surface area contributed by atoms with Crippen LogP contribution in [0.5, 0.6) is 5.75 Å². The molecule has 0 radical (unpaired) electrons. The van der Waals surface area contributed by atoms with Gasteiger partial charge in [-0.3, -0.25) is 4.79 Å². The molecule has 0 spiro atoms. The van der Waals surface area contributed by atoms with Crippen molar-refractivity contribution in [2.75, 3.05) is 13.2 Å². The number of carbonyl (C=O) groups is 1. The van der Waals surface area contributed by atoms with Gasteiger partial charge in [-0.2, -0.15) is 0 Å². The van der Waals surface area contributed by atoms with Crippen LogP contribution in [-0.4, -0.2) is 28.6 Å². The van der Waals surface area contributed by atoms with Gasteiger partial charge in [0.2, 0.25) is 0 Å². The lowest BCUT2D eigenvalue weighted by Crippen LogP contribution is -2.26. The second-order valence-electron chi connectivity index (χ2n) is 8.16. The highest BCUT2D eigenvalue weighted by atomic mass is 79.9. The Morgan fingerprint density at radius 3 is 2.76 bits per heavy atom. The van der Waals surface area contributed by atoms with Crippen LogP contribution in [0.1, 0.15) is 33.7 Å². The van der Waals surface area contributed by atoms with Crippen molar-refractivity contribution < 1.29 is 9.53 Å². The summed E-state index contributed by atoms with van der Waals surface area (Å²) in [6.45, 7) is 6.11. The number of ether oxygens (including phenoxy) is 1. The molecular weight excluding hydrogens is 478 g/mol. The van der Waals surface area contributed by atoms with E-state index in [2.05, 4.69) is 63.9 Å². The fourth-order valence-electron chi connectivity index (χ4n) is 3.85. The summed E-state index contributed by atoms with van der Waals surface area (Å²) in [6.07, 6.45) is 1.53. The SMILES string of the molecule is Cc1ccc(C)c(OCCCn2c(CCNC(=O)c3cccc(Br)c3)nc3ccccc32)c1. The van der Waals surface area contributed by atoms with E-state index in [1.807, 2.05) is 42.5 Å². The molecule has 0 unspecified atom stereocenters. The summed E-state index contributed by atoms with van der Waals surface area (Å²) >= 11 is 3.41. The monoisotopic (exact) mass is 505 g/mol. The number of benzene rings is 3. The smallest absolute Gasteiger partial charge is 0.251 e. The second kappa shape index (κ2) is 10.7. The van der Waals surface area contributed by atoms with Crippen molar-refractivity contribution >= 4 is 32.9 Å². The summed E-state index contributed by atoms with van der Waals surface area (Å²) in [5.41, 5.74) is 5.07. The lowest BCUT2D eigenvalue weighted by atomic mass is 10.1. The fourth-order valence-corrected chi connectivity index (χ4v) is 4.25. The molecule has 0 atom stereocenters. The van der Waals surface area contributed by atoms with Gasteiger partial charge in [0.05, 0.1) is 17.6 Å². The lowest BCUT2D eigenvalue weighted by molar-refractivity contribution is 0.0954. The molecule has 0 saturated heterocycles. The van der Waals surface area contributed by atoms with Crippen molar-refractivity contribution in [1.29, 1.82) is 0 Å². The minimum atomic E-state index is -0.0825. The predicted octanol–water partition coefficient (Wildman–Crippen LogP) is 5.86. The van der Waals surface area contributed by atoms with E-state index in [0.29, 0.717) is 25.1 Å². The number of rotatable bonds is 9. The number of para-hydroxylation sites is 2. The Morgan fingerprint density at radius 2 is 1.91 bits per heavy atom. The van der Waals surface area contributed by atoms with Gasteiger partial charge in [0, 0.05) is 29.5 Å². The number of hydrogen-bond acceptors (Lipinski definition) is 3. The highest BCUT2D eigenvalue weighted by molar-refractivity contribution is 9.10. The van der Waals surface area contributed by atoms with Crippen molar-refractivity contribution in [2.24, 2.45) is 0 Å². The van der Waals surface area contributed by atoms with Crippen LogP contribution in [0.25, 0.3) is 11.0 Å². The number of aromatic nitrogens is 2. The molecule has 0 bridgehead atoms. The molecule has 0 saturated carbocycles. The van der Waals surface area contributed by atoms with E-state index in [1.165, 1.54) is 5.56 Å². The Bertz CT molecular complexity index is 1270. The van der Waals surface area contributed by atoms with Crippen molar-refractivity contribution in [3.8, 4) is 5.75 Å². The number of amides is 1. The number of imidazole rings is 1. The standard InChI is InChI=1S/C27H28BrN3O2/c1-19-11-12-20(2)25(17-19)33-16-6-15-31-24-10-4-3-9-23(24)30-26(31)13-14-29-27(32)21-7-5-8-22(28)18-21/h3-5,7-12,17-18H,6,13-16H2,1-2H3,(H,29,32). The topological polar surface area (TPSA) is 56.1 Å². The van der Waals surface area contributed by atoms with Crippen LogP contribution in [0, 0.1) is 13.8 Å². The molecule has 0 aliphatic heterocycles. The number of nitrogens with zero attached hydrogens (tertiary/aromatic N) is 2. The van der Waals surface area contributed by atoms with Gasteiger partial charge >= 0.3 is 0 Å². The Hall–Kier alpha value is -3.12. The molecule has 1 amide bonds. The molecule has 0 aliphatic carbocycles. The first kappa shape index (κ1) is 23.1. The Balaban J connectivity index is 1.39. The average molecular weight is 506 g/mol. The van der Waals surface area contributed by atoms with Gasteiger partial charge in [0.15, 0.2) is 0 Å². The zero-order valence-electron chi connectivity index (χ0n) is 19.0. The van der Waals surface area contributed by atoms with Crippen LogP contribution in [0.2, 0.25) is 0 Å². The Labute approximate surface area is 202 Å². The highest BCUT2D eigenvalue weighted by Crippen LogP contribution is 2.20. The third-order valence-electron chi connectivity index (χ3n) is 5.58. The number of hydrogen-bond donors (Lipinski definition) is 1. The number of carbonyl (C=O) groups excluding carboxylic acids is 1. The molecular formula is C27H28BrN3O2. The van der Waals surface area contributed by atoms with E-state index >= 15 is 0 Å². The quantitative estimate of drug-likeness (QED) is 0.290. The maximum atomic E-state index is 12.5. The molecule has 3 aromatic carbocycles. The van der Waals surface area contributed by atoms with Crippen molar-refractivity contribution in [1.82, 2.24) is 14.9 Å². The Morgan fingerprint density at radius 1 is 1.06 bits per heavy atom. The lowest BCUT2D eigenvalue weighted by Gasteiger charge is -2.12. The summed E-state index contributed by atoms with van der Waals surface area (Å²) in [5.74, 6) is 1.83. The van der Waals surface area contributed by atoms with E-state index in [1.54, 1.807) is 0 Å². The number of nitrogens with one attached hydrogen (secondary N) is 1. The molecule has 1 N–H and O–H groups in total. The zero-order chi connectivity index (χ0) is 23.2.